The molecule has 0 spiro atoms. The normalized spacial score (nSPS) is 13.5. The zero-order valence-electron chi connectivity index (χ0n) is 34.8. The fourth-order valence-electron chi connectivity index (χ4n) is 8.83. The summed E-state index contributed by atoms with van der Waals surface area (Å²) in [6, 6.07) is 76.6. The standard InChI is InChI=1S/C60H48N2/c1-5-15-45(16-6-1)49-35-39-57(40-36-49)61(55-21-9-3-10-22-55)59-25-13-19-53(43-59)51-31-27-47(28-32-51)48-29-33-52(34-30-48)54-20-14-26-60(44-54)62(56-23-11-4-12-24-56)58-41-37-50(38-42-58)46-17-7-2-8-18-46/h1-7,9-17,19-37,39-41,43-44H,8,18,38,42H2. The van der Waals surface area contributed by atoms with Crippen LogP contribution in [0.5, 0.6) is 0 Å². The molecule has 0 heterocycles. The minimum atomic E-state index is 1.00. The third-order valence-electron chi connectivity index (χ3n) is 12.1. The van der Waals surface area contributed by atoms with Crippen LogP contribution in [0.4, 0.5) is 28.4 Å². The van der Waals surface area contributed by atoms with Gasteiger partial charge in [-0.15, -0.1) is 0 Å². The van der Waals surface area contributed by atoms with Crippen molar-refractivity contribution in [3.05, 3.63) is 260 Å². The highest BCUT2D eigenvalue weighted by Gasteiger charge is 2.20. The maximum atomic E-state index is 2.43. The molecule has 0 unspecified atom stereocenters. The summed E-state index contributed by atoms with van der Waals surface area (Å²) in [4.78, 5) is 4.76. The monoisotopic (exact) mass is 796 g/mol. The van der Waals surface area contributed by atoms with Gasteiger partial charge in [0.1, 0.15) is 0 Å². The van der Waals surface area contributed by atoms with E-state index in [1.807, 2.05) is 0 Å². The quantitative estimate of drug-likeness (QED) is 0.129. The second kappa shape index (κ2) is 17.9. The second-order valence-corrected chi connectivity index (χ2v) is 16.0. The van der Waals surface area contributed by atoms with Gasteiger partial charge in [0.2, 0.25) is 0 Å². The van der Waals surface area contributed by atoms with Crippen LogP contribution in [0.2, 0.25) is 0 Å². The predicted octanol–water partition coefficient (Wildman–Crippen LogP) is 16.8. The van der Waals surface area contributed by atoms with E-state index in [2.05, 4.69) is 253 Å². The van der Waals surface area contributed by atoms with Crippen molar-refractivity contribution in [2.45, 2.75) is 25.7 Å². The predicted molar refractivity (Wildman–Crippen MR) is 263 cm³/mol. The Morgan fingerprint density at radius 3 is 1.18 bits per heavy atom. The maximum absolute atomic E-state index is 2.43. The molecule has 298 valence electrons. The first-order chi connectivity index (χ1) is 30.7. The molecule has 2 nitrogen and oxygen atoms in total. The first-order valence-electron chi connectivity index (χ1n) is 21.8. The van der Waals surface area contributed by atoms with Crippen LogP contribution in [0, 0.1) is 0 Å². The van der Waals surface area contributed by atoms with E-state index in [1.165, 1.54) is 72.7 Å². The number of allylic oxidation sites excluding steroid dienone is 8. The Bertz CT molecular complexity index is 2900. The zero-order chi connectivity index (χ0) is 41.5. The highest BCUT2D eigenvalue weighted by Crippen LogP contribution is 2.40. The van der Waals surface area contributed by atoms with Gasteiger partial charge in [-0.1, -0.05) is 176 Å². The highest BCUT2D eigenvalue weighted by molar-refractivity contribution is 5.82. The number of rotatable bonds is 11. The van der Waals surface area contributed by atoms with Crippen molar-refractivity contribution < 1.29 is 0 Å². The maximum Gasteiger partial charge on any atom is 0.0467 e. The molecule has 0 saturated carbocycles. The molecule has 0 aliphatic heterocycles. The number of nitrogens with zero attached hydrogens (tertiary/aromatic N) is 2. The van der Waals surface area contributed by atoms with Crippen molar-refractivity contribution in [1.29, 1.82) is 0 Å². The van der Waals surface area contributed by atoms with Crippen LogP contribution in [-0.2, 0) is 0 Å². The van der Waals surface area contributed by atoms with E-state index in [0.717, 1.165) is 42.7 Å². The van der Waals surface area contributed by atoms with Gasteiger partial charge in [0.15, 0.2) is 0 Å². The molecule has 8 aromatic carbocycles. The Morgan fingerprint density at radius 2 is 0.677 bits per heavy atom. The van der Waals surface area contributed by atoms with Crippen molar-refractivity contribution >= 4 is 28.4 Å². The van der Waals surface area contributed by atoms with E-state index < -0.39 is 0 Å². The van der Waals surface area contributed by atoms with Gasteiger partial charge in [0, 0.05) is 34.1 Å². The van der Waals surface area contributed by atoms with E-state index in [1.54, 1.807) is 0 Å². The summed E-state index contributed by atoms with van der Waals surface area (Å²) in [5, 5.41) is 0. The third-order valence-corrected chi connectivity index (χ3v) is 12.1. The molecule has 0 fully saturated rings. The molecule has 2 aliphatic rings. The Hall–Kier alpha value is -7.68. The van der Waals surface area contributed by atoms with E-state index in [4.69, 9.17) is 0 Å². The lowest BCUT2D eigenvalue weighted by Crippen LogP contribution is -2.18. The smallest absolute Gasteiger partial charge is 0.0467 e. The summed E-state index contributed by atoms with van der Waals surface area (Å²) in [5.74, 6) is 0. The molecule has 62 heavy (non-hydrogen) atoms. The van der Waals surface area contributed by atoms with Gasteiger partial charge in [-0.2, -0.15) is 0 Å². The lowest BCUT2D eigenvalue weighted by molar-refractivity contribution is 0.851. The van der Waals surface area contributed by atoms with Crippen molar-refractivity contribution in [2.24, 2.45) is 0 Å². The first kappa shape index (κ1) is 38.5. The van der Waals surface area contributed by atoms with Gasteiger partial charge in [-0.25, -0.2) is 0 Å². The average Bonchev–Trinajstić information content (AvgIpc) is 3.36. The van der Waals surface area contributed by atoms with Crippen molar-refractivity contribution in [3.63, 3.8) is 0 Å². The van der Waals surface area contributed by atoms with Gasteiger partial charge in [0.25, 0.3) is 0 Å². The second-order valence-electron chi connectivity index (χ2n) is 16.0. The van der Waals surface area contributed by atoms with Crippen LogP contribution in [0.15, 0.2) is 260 Å². The van der Waals surface area contributed by atoms with Crippen LogP contribution >= 0.6 is 0 Å². The Balaban J connectivity index is 0.886. The van der Waals surface area contributed by atoms with Gasteiger partial charge in [0.05, 0.1) is 0 Å². The van der Waals surface area contributed by atoms with Crippen molar-refractivity contribution in [3.8, 4) is 44.5 Å². The Labute approximate surface area is 366 Å². The van der Waals surface area contributed by atoms with E-state index in [0.29, 0.717) is 0 Å². The fraction of sp³-hybridized carbons (Fsp3) is 0.0667. The van der Waals surface area contributed by atoms with Gasteiger partial charge >= 0.3 is 0 Å². The van der Waals surface area contributed by atoms with E-state index in [9.17, 15) is 0 Å². The summed E-state index contributed by atoms with van der Waals surface area (Å²) < 4.78 is 0. The summed E-state index contributed by atoms with van der Waals surface area (Å²) in [7, 11) is 0. The number of benzene rings is 8. The molecule has 0 N–H and O–H groups in total. The average molecular weight is 797 g/mol. The number of para-hydroxylation sites is 2. The highest BCUT2D eigenvalue weighted by atomic mass is 15.2. The van der Waals surface area contributed by atoms with Crippen LogP contribution in [0.3, 0.4) is 0 Å². The van der Waals surface area contributed by atoms with Gasteiger partial charge in [-0.3, -0.25) is 0 Å². The van der Waals surface area contributed by atoms with Crippen LogP contribution in [0.1, 0.15) is 25.7 Å². The molecular weight excluding hydrogens is 749 g/mol. The van der Waals surface area contributed by atoms with Gasteiger partial charge in [-0.05, 0) is 148 Å². The van der Waals surface area contributed by atoms with Crippen molar-refractivity contribution in [1.82, 2.24) is 0 Å². The minimum absolute atomic E-state index is 1.00. The van der Waals surface area contributed by atoms with E-state index in [-0.39, 0.29) is 0 Å². The summed E-state index contributed by atoms with van der Waals surface area (Å²) >= 11 is 0. The summed E-state index contributed by atoms with van der Waals surface area (Å²) in [6.07, 6.45) is 15.8. The molecule has 10 rings (SSSR count). The topological polar surface area (TPSA) is 6.48 Å². The van der Waals surface area contributed by atoms with Gasteiger partial charge < -0.3 is 9.80 Å². The van der Waals surface area contributed by atoms with Crippen LogP contribution in [-0.4, -0.2) is 0 Å². The molecule has 0 saturated heterocycles. The molecule has 2 aliphatic carbocycles. The fourth-order valence-corrected chi connectivity index (χ4v) is 8.83. The lowest BCUT2D eigenvalue weighted by atomic mass is 9.90. The molecule has 0 atom stereocenters. The molecule has 0 bridgehead atoms. The van der Waals surface area contributed by atoms with Crippen LogP contribution in [0.25, 0.3) is 44.5 Å². The van der Waals surface area contributed by atoms with Crippen LogP contribution < -0.4 is 9.80 Å². The Kier molecular flexibility index (Phi) is 11.1. The molecule has 2 heteroatoms. The SMILES string of the molecule is C1=CCCC(C2=CC=C(N(c3ccccc3)c3cccc(-c4ccc(-c5ccc(-c6cccc(N(c7ccccc7)c7ccc(-c8ccccc8)cc7)c6)cc5)cc4)c3)CC2)=C1. The molecule has 0 amide bonds. The minimum Gasteiger partial charge on any atom is -0.314 e. The molecule has 0 aromatic heterocycles. The largest absolute Gasteiger partial charge is 0.314 e. The molecule has 0 radical (unpaired) electrons. The Morgan fingerprint density at radius 1 is 0.274 bits per heavy atom. The third kappa shape index (κ3) is 8.37. The van der Waals surface area contributed by atoms with E-state index >= 15 is 0 Å². The number of anilines is 5. The summed E-state index contributed by atoms with van der Waals surface area (Å²) in [5.41, 5.74) is 19.5. The zero-order valence-corrected chi connectivity index (χ0v) is 34.8. The number of hydrogen-bond acceptors (Lipinski definition) is 2. The first-order valence-corrected chi connectivity index (χ1v) is 21.8. The van der Waals surface area contributed by atoms with Crippen molar-refractivity contribution in [2.75, 3.05) is 9.80 Å². The number of hydrogen-bond donors (Lipinski definition) is 0. The summed E-state index contributed by atoms with van der Waals surface area (Å²) in [6.45, 7) is 0. The lowest BCUT2D eigenvalue weighted by Gasteiger charge is -2.30. The molecule has 8 aromatic rings. The molecular formula is C60H48N2.